The number of fused-ring (bicyclic) bond motifs is 5. The minimum atomic E-state index is -1.95. The van der Waals surface area contributed by atoms with Gasteiger partial charge in [0.1, 0.15) is 5.75 Å². The summed E-state index contributed by atoms with van der Waals surface area (Å²) < 4.78 is 3.73. The summed E-state index contributed by atoms with van der Waals surface area (Å²) in [5, 5.41) is 11.8. The first-order valence-electron chi connectivity index (χ1n) is 12.9. The van der Waals surface area contributed by atoms with E-state index in [4.69, 9.17) is 23.2 Å². The van der Waals surface area contributed by atoms with Gasteiger partial charge in [-0.3, -0.25) is 14.5 Å². The Bertz CT molecular complexity index is 1950. The zero-order valence-electron chi connectivity index (χ0n) is 21.2. The third-order valence-corrected chi connectivity index (χ3v) is 10.5. The number of halogens is 3. The van der Waals surface area contributed by atoms with E-state index in [-0.39, 0.29) is 24.2 Å². The Morgan fingerprint density at radius 2 is 1.56 bits per heavy atom. The third-order valence-electron chi connectivity index (χ3n) is 8.54. The Kier molecular flexibility index (Phi) is 5.74. The highest BCUT2D eigenvalue weighted by molar-refractivity contribution is 9.09. The van der Waals surface area contributed by atoms with Crippen molar-refractivity contribution in [1.82, 2.24) is 18.8 Å². The molecule has 1 saturated carbocycles. The largest absolute Gasteiger partial charge is 0.507 e. The second kappa shape index (κ2) is 8.95. The molecular formula is C29H21BrCl2N4O5. The molecule has 0 radical (unpaired) electrons. The SMILES string of the molecule is O=C1N(CBr)C(=O)[C@@]2(Cl)[C@@H](c3ccc(O)c4ccccc34)C3=CCn4c(=O)n(-c5ccccc5)c(=O)n4[C@@H]3C[C@@]12Cl. The van der Waals surface area contributed by atoms with Crippen molar-refractivity contribution in [3.05, 3.63) is 105 Å². The van der Waals surface area contributed by atoms with Gasteiger partial charge in [-0.15, -0.1) is 23.2 Å². The van der Waals surface area contributed by atoms with E-state index in [0.29, 0.717) is 27.6 Å². The van der Waals surface area contributed by atoms with E-state index < -0.39 is 44.9 Å². The molecule has 0 unspecified atom stereocenters. The lowest BCUT2D eigenvalue weighted by Gasteiger charge is -2.49. The van der Waals surface area contributed by atoms with E-state index in [9.17, 15) is 24.3 Å². The van der Waals surface area contributed by atoms with Crippen LogP contribution >= 0.6 is 39.1 Å². The smallest absolute Gasteiger partial charge is 0.352 e. The van der Waals surface area contributed by atoms with Crippen molar-refractivity contribution in [2.75, 3.05) is 5.45 Å². The molecule has 9 nitrogen and oxygen atoms in total. The monoisotopic (exact) mass is 654 g/mol. The van der Waals surface area contributed by atoms with E-state index in [2.05, 4.69) is 15.9 Å². The van der Waals surface area contributed by atoms with Gasteiger partial charge in [-0.05, 0) is 34.7 Å². The molecule has 2 fully saturated rings. The molecule has 1 N–H and O–H groups in total. The molecule has 0 spiro atoms. The number of hydrogen-bond donors (Lipinski definition) is 1. The number of aromatic nitrogens is 3. The first kappa shape index (κ1) is 26.3. The quantitative estimate of drug-likeness (QED) is 0.155. The number of rotatable bonds is 3. The topological polar surface area (TPSA) is 107 Å². The number of para-hydroxylation sites is 1. The minimum Gasteiger partial charge on any atom is -0.507 e. The lowest BCUT2D eigenvalue weighted by atomic mass is 9.63. The maximum Gasteiger partial charge on any atom is 0.352 e. The lowest BCUT2D eigenvalue weighted by molar-refractivity contribution is -0.138. The standard InChI is InChI=1S/C29H21BrCl2N4O5/c30-15-33-24(38)28(31)14-21-20(12-13-34-26(40)35(27(41)36(21)34)16-6-2-1-3-7-16)23(29(28,32)25(33)39)19-10-11-22(37)18-9-5-4-8-17(18)19/h1-12,21,23,37H,13-15H2/t21-,23+,28-,29+/m1/s1. The number of benzene rings is 3. The number of allylic oxidation sites excluding steroid dienone is 2. The highest BCUT2D eigenvalue weighted by atomic mass is 79.9. The van der Waals surface area contributed by atoms with E-state index in [0.717, 1.165) is 9.47 Å². The molecule has 3 heterocycles. The van der Waals surface area contributed by atoms with Crippen LogP contribution in [0.5, 0.6) is 5.75 Å². The van der Waals surface area contributed by atoms with Gasteiger partial charge in [-0.1, -0.05) is 70.5 Å². The number of carbonyl (C=O) groups is 2. The summed E-state index contributed by atoms with van der Waals surface area (Å²) in [7, 11) is 0. The van der Waals surface area contributed by atoms with E-state index >= 15 is 0 Å². The Hall–Kier alpha value is -3.60. The van der Waals surface area contributed by atoms with Gasteiger partial charge in [0.05, 0.1) is 23.7 Å². The van der Waals surface area contributed by atoms with Crippen LogP contribution in [0.1, 0.15) is 23.9 Å². The fourth-order valence-electron chi connectivity index (χ4n) is 6.72. The molecule has 1 aliphatic carbocycles. The number of nitrogens with zero attached hydrogens (tertiary/aromatic N) is 4. The molecule has 208 valence electrons. The number of imide groups is 1. The van der Waals surface area contributed by atoms with E-state index in [1.54, 1.807) is 66.7 Å². The van der Waals surface area contributed by atoms with E-state index in [1.807, 2.05) is 0 Å². The summed E-state index contributed by atoms with van der Waals surface area (Å²) >= 11 is 17.8. The van der Waals surface area contributed by atoms with Gasteiger partial charge in [-0.25, -0.2) is 23.5 Å². The molecule has 4 atom stereocenters. The Labute approximate surface area is 250 Å². The fraction of sp³-hybridized carbons (Fsp3) is 0.241. The van der Waals surface area contributed by atoms with Crippen molar-refractivity contribution in [2.24, 2.45) is 0 Å². The number of alkyl halides is 3. The van der Waals surface area contributed by atoms with Crippen molar-refractivity contribution in [2.45, 2.75) is 34.7 Å². The van der Waals surface area contributed by atoms with Crippen LogP contribution in [-0.2, 0) is 16.1 Å². The number of phenols is 1. The molecule has 7 rings (SSSR count). The number of amides is 2. The highest BCUT2D eigenvalue weighted by Crippen LogP contribution is 2.64. The second-order valence-electron chi connectivity index (χ2n) is 10.4. The Balaban J connectivity index is 1.53. The van der Waals surface area contributed by atoms with Crippen LogP contribution in [0.2, 0.25) is 0 Å². The molecule has 12 heteroatoms. The number of phenolic OH excluding ortho intramolecular Hbond substituents is 1. The van der Waals surface area contributed by atoms with Gasteiger partial charge >= 0.3 is 11.4 Å². The van der Waals surface area contributed by atoms with Crippen LogP contribution in [0.15, 0.2) is 88.0 Å². The molecule has 2 aliphatic heterocycles. The van der Waals surface area contributed by atoms with Gasteiger partial charge in [0, 0.05) is 17.7 Å². The van der Waals surface area contributed by atoms with Crippen LogP contribution in [0, 0.1) is 0 Å². The van der Waals surface area contributed by atoms with Crippen molar-refractivity contribution >= 4 is 61.7 Å². The molecule has 1 saturated heterocycles. The average molecular weight is 656 g/mol. The number of hydrogen-bond acceptors (Lipinski definition) is 5. The van der Waals surface area contributed by atoms with Gasteiger partial charge in [0.25, 0.3) is 11.8 Å². The third kappa shape index (κ3) is 3.23. The van der Waals surface area contributed by atoms with Crippen LogP contribution in [-0.4, -0.2) is 51.0 Å². The van der Waals surface area contributed by atoms with Crippen molar-refractivity contribution in [3.63, 3.8) is 0 Å². The van der Waals surface area contributed by atoms with Crippen LogP contribution in [0.25, 0.3) is 16.5 Å². The molecule has 1 aromatic heterocycles. The van der Waals surface area contributed by atoms with E-state index in [1.165, 1.54) is 15.4 Å². The van der Waals surface area contributed by atoms with Crippen LogP contribution in [0.3, 0.4) is 0 Å². The number of aromatic hydroxyl groups is 1. The first-order valence-corrected chi connectivity index (χ1v) is 14.7. The summed E-state index contributed by atoms with van der Waals surface area (Å²) in [4.78, 5) is 52.3. The molecule has 3 aromatic carbocycles. The molecule has 0 bridgehead atoms. The van der Waals surface area contributed by atoms with Gasteiger partial charge < -0.3 is 5.11 Å². The summed E-state index contributed by atoms with van der Waals surface area (Å²) in [6, 6.07) is 18.0. The van der Waals surface area contributed by atoms with Gasteiger partial charge in [-0.2, -0.15) is 0 Å². The predicted octanol–water partition coefficient (Wildman–Crippen LogP) is 4.00. The normalized spacial score (nSPS) is 27.0. The number of carbonyl (C=O) groups excluding carboxylic acids is 2. The van der Waals surface area contributed by atoms with Crippen molar-refractivity contribution < 1.29 is 14.7 Å². The highest BCUT2D eigenvalue weighted by Gasteiger charge is 2.75. The zero-order valence-corrected chi connectivity index (χ0v) is 24.3. The predicted molar refractivity (Wildman–Crippen MR) is 157 cm³/mol. The summed E-state index contributed by atoms with van der Waals surface area (Å²) in [5.74, 6) is -2.27. The van der Waals surface area contributed by atoms with Gasteiger partial charge in [0.15, 0.2) is 9.75 Å². The molecule has 2 amide bonds. The first-order chi connectivity index (χ1) is 19.6. The van der Waals surface area contributed by atoms with Gasteiger partial charge in [0.2, 0.25) is 0 Å². The Morgan fingerprint density at radius 3 is 2.27 bits per heavy atom. The van der Waals surface area contributed by atoms with Crippen LogP contribution < -0.4 is 11.4 Å². The van der Waals surface area contributed by atoms with Crippen molar-refractivity contribution in [1.29, 1.82) is 0 Å². The Morgan fingerprint density at radius 1 is 0.878 bits per heavy atom. The molecular weight excluding hydrogens is 635 g/mol. The fourth-order valence-corrected chi connectivity index (χ4v) is 8.11. The maximum atomic E-state index is 14.0. The second-order valence-corrected chi connectivity index (χ2v) is 12.2. The summed E-state index contributed by atoms with van der Waals surface area (Å²) in [6.45, 7) is 0.0405. The number of likely N-dealkylation sites (tertiary alicyclic amines) is 1. The molecule has 4 aromatic rings. The summed E-state index contributed by atoms with van der Waals surface area (Å²) in [5.41, 5.74) is 0.318. The molecule has 3 aliphatic rings. The minimum absolute atomic E-state index is 0.0380. The molecule has 41 heavy (non-hydrogen) atoms. The van der Waals surface area contributed by atoms with Crippen molar-refractivity contribution in [3.8, 4) is 11.4 Å². The zero-order chi connectivity index (χ0) is 28.8. The maximum absolute atomic E-state index is 14.0. The lowest BCUT2D eigenvalue weighted by Crippen LogP contribution is -2.59. The summed E-state index contributed by atoms with van der Waals surface area (Å²) in [6.07, 6.45) is 1.60. The van der Waals surface area contributed by atoms with Crippen LogP contribution in [0.4, 0.5) is 0 Å². The average Bonchev–Trinajstić information content (AvgIpc) is 3.32.